The molecule has 0 spiro atoms. The zero-order valence-corrected chi connectivity index (χ0v) is 5.44. The van der Waals surface area contributed by atoms with E-state index in [1.165, 1.54) is 0 Å². The van der Waals surface area contributed by atoms with Gasteiger partial charge in [-0.15, -0.1) is 0 Å². The molecule has 0 aliphatic rings. The minimum atomic E-state index is 0. The maximum absolute atomic E-state index is 8.00. The van der Waals surface area contributed by atoms with E-state index in [0.717, 1.165) is 0 Å². The normalized spacial score (nSPS) is 3.38. The van der Waals surface area contributed by atoms with Crippen LogP contribution in [0.15, 0.2) is 0 Å². The first kappa shape index (κ1) is 23.9. The standard InChI is InChI=1S/2Fe.H2O3.O2.O/c;;1-3-2;1-2;/h;;1-2H;;. The summed E-state index contributed by atoms with van der Waals surface area (Å²) in [4.78, 5) is 14.0. The molecule has 0 saturated heterocycles. The van der Waals surface area contributed by atoms with Gasteiger partial charge in [-0.1, -0.05) is 5.04 Å². The summed E-state index contributed by atoms with van der Waals surface area (Å²) in [5, 5.41) is 15.5. The van der Waals surface area contributed by atoms with Crippen molar-refractivity contribution in [1.82, 2.24) is 0 Å². The molecule has 0 aliphatic heterocycles. The van der Waals surface area contributed by atoms with E-state index in [1.807, 2.05) is 15.9 Å². The second-order valence-corrected chi connectivity index (χ2v) is 0.0816. The summed E-state index contributed by atoms with van der Waals surface area (Å²) in [5.41, 5.74) is 0. The van der Waals surface area contributed by atoms with Gasteiger partial charge >= 0.3 is 19.8 Å². The average molecular weight is 210 g/mol. The molecule has 6 nitrogen and oxygen atoms in total. The summed E-state index contributed by atoms with van der Waals surface area (Å²) in [6.45, 7) is 0. The Balaban J connectivity index is -0.0000000147. The summed E-state index contributed by atoms with van der Waals surface area (Å²) in [6.07, 6.45) is 0. The van der Waals surface area contributed by atoms with Crippen LogP contribution in [0.4, 0.5) is 0 Å². The van der Waals surface area contributed by atoms with Gasteiger partial charge in [0, 0.05) is 27.0 Å². The third-order valence-electron chi connectivity index (χ3n) is 0. The molecule has 0 amide bonds. The SMILES string of the molecule is O=O.OOO.[Fe].[O]=[Fe]. The monoisotopic (exact) mass is 210 g/mol. The van der Waals surface area contributed by atoms with Crippen molar-refractivity contribution in [3.05, 3.63) is 9.93 Å². The van der Waals surface area contributed by atoms with Crippen molar-refractivity contribution < 1.29 is 52.4 Å². The van der Waals surface area contributed by atoms with Gasteiger partial charge in [-0.2, -0.15) is 0 Å². The molecule has 0 unspecified atom stereocenters. The predicted octanol–water partition coefficient (Wildman–Crippen LogP) is -0.108. The van der Waals surface area contributed by atoms with Crippen LogP contribution in [0.25, 0.3) is 0 Å². The molecular formula is H2Fe2O6. The third kappa shape index (κ3) is 1760. The Hall–Kier alpha value is 0.319. The van der Waals surface area contributed by atoms with E-state index in [1.54, 1.807) is 0 Å². The van der Waals surface area contributed by atoms with Gasteiger partial charge in [-0.25, -0.2) is 10.5 Å². The van der Waals surface area contributed by atoms with Crippen LogP contribution in [0, 0.1) is 9.93 Å². The molecule has 2 N–H and O–H groups in total. The van der Waals surface area contributed by atoms with Crippen LogP contribution in [-0.4, -0.2) is 10.5 Å². The first-order valence-corrected chi connectivity index (χ1v) is 1.13. The average Bonchev–Trinajstić information content (AvgIpc) is 1.78. The minimum absolute atomic E-state index is 0. The fourth-order valence-corrected chi connectivity index (χ4v) is 0. The van der Waals surface area contributed by atoms with Crippen molar-refractivity contribution in [3.63, 3.8) is 0 Å². The molecule has 8 heteroatoms. The van der Waals surface area contributed by atoms with Crippen LogP contribution in [0.1, 0.15) is 0 Å². The summed E-state index contributed by atoms with van der Waals surface area (Å²) in [5.74, 6) is 0. The molecule has 0 aliphatic carbocycles. The zero-order valence-electron chi connectivity index (χ0n) is 3.23. The maximum atomic E-state index is 8.00. The molecule has 0 atom stereocenters. The third-order valence-corrected chi connectivity index (χ3v) is 0. The molecule has 0 bridgehead atoms. The Labute approximate surface area is 62.8 Å². The fraction of sp³-hybridized carbons (Fsp3) is 0. The molecule has 8 heavy (non-hydrogen) atoms. The Morgan fingerprint density at radius 1 is 1.12 bits per heavy atom. The summed E-state index contributed by atoms with van der Waals surface area (Å²) >= 11 is 2.00. The van der Waals surface area contributed by atoms with Gasteiger partial charge in [-0.3, -0.25) is 0 Å². The fourth-order valence-electron chi connectivity index (χ4n) is 0. The van der Waals surface area contributed by atoms with Crippen LogP contribution in [0.5, 0.6) is 0 Å². The Bertz CT molecular complexity index is 14.0. The molecule has 0 radical (unpaired) electrons. The molecule has 0 aromatic carbocycles. The number of hydrogen-bond donors (Lipinski definition) is 2. The molecular weight excluding hydrogens is 208 g/mol. The van der Waals surface area contributed by atoms with Crippen molar-refractivity contribution in [2.24, 2.45) is 0 Å². The van der Waals surface area contributed by atoms with Crippen molar-refractivity contribution in [3.8, 4) is 0 Å². The first-order chi connectivity index (χ1) is 3.41. The quantitative estimate of drug-likeness (QED) is 0.328. The van der Waals surface area contributed by atoms with Gasteiger partial charge in [-0.05, 0) is 0 Å². The molecule has 0 saturated carbocycles. The summed E-state index contributed by atoms with van der Waals surface area (Å²) in [6, 6.07) is 0. The van der Waals surface area contributed by atoms with Crippen LogP contribution < -0.4 is 0 Å². The first-order valence-electron chi connectivity index (χ1n) is 0.676. The van der Waals surface area contributed by atoms with E-state index in [9.17, 15) is 0 Å². The van der Waals surface area contributed by atoms with Crippen molar-refractivity contribution in [2.75, 3.05) is 0 Å². The van der Waals surface area contributed by atoms with Crippen LogP contribution in [0.2, 0.25) is 0 Å². The molecule has 0 fully saturated rings. The number of rotatable bonds is 0. The van der Waals surface area contributed by atoms with Gasteiger partial charge in [0.05, 0.1) is 0 Å². The van der Waals surface area contributed by atoms with E-state index in [2.05, 4.69) is 5.04 Å². The summed E-state index contributed by atoms with van der Waals surface area (Å²) < 4.78 is 8.00. The van der Waals surface area contributed by atoms with Crippen molar-refractivity contribution in [2.45, 2.75) is 0 Å². The van der Waals surface area contributed by atoms with Crippen LogP contribution in [0.3, 0.4) is 0 Å². The predicted molar refractivity (Wildman–Crippen MR) is 13.8 cm³/mol. The Kier molecular flexibility index (Phi) is 502. The van der Waals surface area contributed by atoms with E-state index in [-0.39, 0.29) is 17.1 Å². The van der Waals surface area contributed by atoms with Crippen molar-refractivity contribution in [1.29, 1.82) is 0 Å². The van der Waals surface area contributed by atoms with E-state index in [4.69, 9.17) is 24.3 Å². The zero-order chi connectivity index (χ0) is 6.71. The molecule has 0 rings (SSSR count). The van der Waals surface area contributed by atoms with Crippen LogP contribution in [-0.2, 0) is 41.9 Å². The van der Waals surface area contributed by atoms with Gasteiger partial charge in [0.15, 0.2) is 0 Å². The number of hydrogen-bond acceptors (Lipinski definition) is 6. The van der Waals surface area contributed by atoms with Gasteiger partial charge in [0.1, 0.15) is 0 Å². The van der Waals surface area contributed by atoms with Gasteiger partial charge in [0.25, 0.3) is 0 Å². The van der Waals surface area contributed by atoms with Gasteiger partial charge < -0.3 is 0 Å². The van der Waals surface area contributed by atoms with E-state index >= 15 is 0 Å². The molecule has 54 valence electrons. The van der Waals surface area contributed by atoms with Gasteiger partial charge in [0.2, 0.25) is 0 Å². The Morgan fingerprint density at radius 3 is 1.12 bits per heavy atom. The topological polar surface area (TPSA) is 101 Å². The van der Waals surface area contributed by atoms with Crippen molar-refractivity contribution >= 4 is 0 Å². The summed E-state index contributed by atoms with van der Waals surface area (Å²) in [7, 11) is 0. The molecule has 0 aromatic rings. The second-order valence-electron chi connectivity index (χ2n) is 0.0816. The molecule has 0 heterocycles. The van der Waals surface area contributed by atoms with E-state index < -0.39 is 0 Å². The second kappa shape index (κ2) is 168. The van der Waals surface area contributed by atoms with Crippen LogP contribution >= 0.6 is 0 Å². The Morgan fingerprint density at radius 2 is 1.12 bits per heavy atom. The van der Waals surface area contributed by atoms with E-state index in [0.29, 0.717) is 0 Å². The molecule has 0 aromatic heterocycles.